The smallest absolute Gasteiger partial charge is 0.303 e. The molecule has 1 aromatic carbocycles. The fraction of sp³-hybridized carbons (Fsp3) is 0.550. The fourth-order valence-corrected chi connectivity index (χ4v) is 4.05. The lowest BCUT2D eigenvalue weighted by Crippen LogP contribution is -2.12. The lowest BCUT2D eigenvalue weighted by molar-refractivity contribution is -0.137. The number of hydrogen-bond acceptors (Lipinski definition) is 2. The molecule has 0 bridgehead atoms. The van der Waals surface area contributed by atoms with Gasteiger partial charge in [-0.3, -0.25) is 4.79 Å². The highest BCUT2D eigenvalue weighted by Gasteiger charge is 2.36. The number of rotatable bonds is 6. The van der Waals surface area contributed by atoms with Gasteiger partial charge in [-0.05, 0) is 60.3 Å². The minimum Gasteiger partial charge on any atom is -0.489 e. The molecule has 0 amide bonds. The average Bonchev–Trinajstić information content (AvgIpc) is 3.15. The van der Waals surface area contributed by atoms with Crippen molar-refractivity contribution in [1.82, 2.24) is 0 Å². The van der Waals surface area contributed by atoms with Crippen LogP contribution in [0.15, 0.2) is 35.9 Å². The van der Waals surface area contributed by atoms with E-state index in [0.29, 0.717) is 12.0 Å². The van der Waals surface area contributed by atoms with Gasteiger partial charge in [-0.1, -0.05) is 38.0 Å². The Morgan fingerprint density at radius 1 is 1.26 bits per heavy atom. The first-order valence-electron chi connectivity index (χ1n) is 8.69. The molecular formula is C20H26O3. The standard InChI is InChI=1S/C20H26O3/c1-15(12-19(21)22)17-4-6-18(7-5-17)23-14-16-8-11-20(13-16)9-2-3-10-20/h4-8,15H,2-3,9-14H2,1H3,(H,21,22). The lowest BCUT2D eigenvalue weighted by atomic mass is 9.83. The van der Waals surface area contributed by atoms with Crippen molar-refractivity contribution < 1.29 is 14.6 Å². The second-order valence-electron chi connectivity index (χ2n) is 7.31. The predicted octanol–water partition coefficient (Wildman–Crippen LogP) is 4.92. The van der Waals surface area contributed by atoms with Gasteiger partial charge in [0, 0.05) is 0 Å². The van der Waals surface area contributed by atoms with Crippen LogP contribution in [0.4, 0.5) is 0 Å². The molecular weight excluding hydrogens is 288 g/mol. The summed E-state index contributed by atoms with van der Waals surface area (Å²) in [5, 5.41) is 8.86. The SMILES string of the molecule is CC(CC(=O)O)c1ccc(OCC2=CCC3(CCCC3)C2)cc1. The van der Waals surface area contributed by atoms with Crippen LogP contribution in [0.1, 0.15) is 63.4 Å². The number of hydrogen-bond donors (Lipinski definition) is 1. The first-order chi connectivity index (χ1) is 11.1. The highest BCUT2D eigenvalue weighted by atomic mass is 16.5. The zero-order valence-corrected chi connectivity index (χ0v) is 13.9. The van der Waals surface area contributed by atoms with Crippen molar-refractivity contribution >= 4 is 5.97 Å². The molecule has 1 aromatic rings. The third-order valence-electron chi connectivity index (χ3n) is 5.44. The van der Waals surface area contributed by atoms with Gasteiger partial charge >= 0.3 is 5.97 Å². The molecule has 23 heavy (non-hydrogen) atoms. The van der Waals surface area contributed by atoms with E-state index < -0.39 is 5.97 Å². The zero-order chi connectivity index (χ0) is 16.3. The Hall–Kier alpha value is -1.77. The molecule has 2 aliphatic rings. The Kier molecular flexibility index (Phi) is 4.74. The van der Waals surface area contributed by atoms with Gasteiger partial charge in [0.1, 0.15) is 12.4 Å². The van der Waals surface area contributed by atoms with E-state index in [1.807, 2.05) is 31.2 Å². The monoisotopic (exact) mass is 314 g/mol. The summed E-state index contributed by atoms with van der Waals surface area (Å²) in [6.07, 6.45) is 10.5. The van der Waals surface area contributed by atoms with Gasteiger partial charge in [0.05, 0.1) is 6.42 Å². The third-order valence-corrected chi connectivity index (χ3v) is 5.44. The number of allylic oxidation sites excluding steroid dienone is 1. The first kappa shape index (κ1) is 16.1. The van der Waals surface area contributed by atoms with E-state index >= 15 is 0 Å². The van der Waals surface area contributed by atoms with Crippen molar-refractivity contribution in [3.8, 4) is 5.75 Å². The van der Waals surface area contributed by atoms with Crippen molar-refractivity contribution in [1.29, 1.82) is 0 Å². The molecule has 3 nitrogen and oxygen atoms in total. The molecule has 3 heteroatoms. The summed E-state index contributed by atoms with van der Waals surface area (Å²) >= 11 is 0. The number of ether oxygens (including phenoxy) is 1. The molecule has 1 N–H and O–H groups in total. The normalized spacial score (nSPS) is 20.5. The Balaban J connectivity index is 1.50. The molecule has 124 valence electrons. The highest BCUT2D eigenvalue weighted by molar-refractivity contribution is 5.67. The minimum atomic E-state index is -0.758. The van der Waals surface area contributed by atoms with Crippen LogP contribution in [0, 0.1) is 5.41 Å². The van der Waals surface area contributed by atoms with E-state index in [0.717, 1.165) is 11.3 Å². The van der Waals surface area contributed by atoms with Gasteiger partial charge in [-0.15, -0.1) is 0 Å². The van der Waals surface area contributed by atoms with E-state index in [4.69, 9.17) is 9.84 Å². The van der Waals surface area contributed by atoms with Gasteiger partial charge in [0.15, 0.2) is 0 Å². The predicted molar refractivity (Wildman–Crippen MR) is 90.8 cm³/mol. The molecule has 0 aromatic heterocycles. The molecule has 0 aliphatic heterocycles. The average molecular weight is 314 g/mol. The van der Waals surface area contributed by atoms with Crippen LogP contribution in [0.2, 0.25) is 0 Å². The molecule has 2 aliphatic carbocycles. The van der Waals surface area contributed by atoms with Crippen molar-refractivity contribution in [3.05, 3.63) is 41.5 Å². The summed E-state index contributed by atoms with van der Waals surface area (Å²) in [5.41, 5.74) is 3.05. The van der Waals surface area contributed by atoms with E-state index in [-0.39, 0.29) is 12.3 Å². The molecule has 3 rings (SSSR count). The minimum absolute atomic E-state index is 0.0290. The number of carboxylic acids is 1. The van der Waals surface area contributed by atoms with E-state index in [1.165, 1.54) is 44.1 Å². The second-order valence-corrected chi connectivity index (χ2v) is 7.31. The summed E-state index contributed by atoms with van der Waals surface area (Å²) in [6, 6.07) is 7.86. The Labute approximate surface area is 138 Å². The van der Waals surface area contributed by atoms with Crippen molar-refractivity contribution in [2.75, 3.05) is 6.61 Å². The van der Waals surface area contributed by atoms with Gasteiger partial charge in [0.25, 0.3) is 0 Å². The van der Waals surface area contributed by atoms with Crippen LogP contribution < -0.4 is 4.74 Å². The first-order valence-corrected chi connectivity index (χ1v) is 8.69. The van der Waals surface area contributed by atoms with Crippen LogP contribution in [0.25, 0.3) is 0 Å². The Morgan fingerprint density at radius 3 is 2.61 bits per heavy atom. The lowest BCUT2D eigenvalue weighted by Gasteiger charge is -2.22. The van der Waals surface area contributed by atoms with Crippen LogP contribution >= 0.6 is 0 Å². The number of carboxylic acid groups (broad SMARTS) is 1. The van der Waals surface area contributed by atoms with Crippen LogP contribution in [0.5, 0.6) is 5.75 Å². The summed E-state index contributed by atoms with van der Waals surface area (Å²) in [7, 11) is 0. The van der Waals surface area contributed by atoms with Crippen molar-refractivity contribution in [2.24, 2.45) is 5.41 Å². The quantitative estimate of drug-likeness (QED) is 0.758. The zero-order valence-electron chi connectivity index (χ0n) is 13.9. The molecule has 1 unspecified atom stereocenters. The second kappa shape index (κ2) is 6.77. The summed E-state index contributed by atoms with van der Waals surface area (Å²) < 4.78 is 5.92. The molecule has 1 fully saturated rings. The van der Waals surface area contributed by atoms with E-state index in [2.05, 4.69) is 6.08 Å². The Bertz CT molecular complexity index is 579. The largest absolute Gasteiger partial charge is 0.489 e. The van der Waals surface area contributed by atoms with E-state index in [1.54, 1.807) is 0 Å². The molecule has 0 heterocycles. The van der Waals surface area contributed by atoms with Crippen molar-refractivity contribution in [3.63, 3.8) is 0 Å². The molecule has 1 saturated carbocycles. The molecule has 0 saturated heterocycles. The fourth-order valence-electron chi connectivity index (χ4n) is 4.05. The summed E-state index contributed by atoms with van der Waals surface area (Å²) in [6.45, 7) is 2.63. The maximum atomic E-state index is 10.8. The van der Waals surface area contributed by atoms with Gasteiger partial charge < -0.3 is 9.84 Å². The maximum absolute atomic E-state index is 10.8. The van der Waals surface area contributed by atoms with Gasteiger partial charge in [-0.25, -0.2) is 0 Å². The third kappa shape index (κ3) is 3.95. The maximum Gasteiger partial charge on any atom is 0.303 e. The van der Waals surface area contributed by atoms with Crippen LogP contribution in [-0.2, 0) is 4.79 Å². The van der Waals surface area contributed by atoms with Crippen LogP contribution in [-0.4, -0.2) is 17.7 Å². The number of carbonyl (C=O) groups is 1. The van der Waals surface area contributed by atoms with E-state index in [9.17, 15) is 4.79 Å². The van der Waals surface area contributed by atoms with Crippen molar-refractivity contribution in [2.45, 2.75) is 57.8 Å². The van der Waals surface area contributed by atoms with Crippen LogP contribution in [0.3, 0.4) is 0 Å². The molecule has 0 radical (unpaired) electrons. The van der Waals surface area contributed by atoms with Gasteiger partial charge in [0.2, 0.25) is 0 Å². The molecule has 1 spiro atoms. The topological polar surface area (TPSA) is 46.5 Å². The Morgan fingerprint density at radius 2 is 1.96 bits per heavy atom. The number of aliphatic carboxylic acids is 1. The number of benzene rings is 1. The highest BCUT2D eigenvalue weighted by Crippen LogP contribution is 2.49. The van der Waals surface area contributed by atoms with Gasteiger partial charge in [-0.2, -0.15) is 0 Å². The summed E-state index contributed by atoms with van der Waals surface area (Å²) in [4.78, 5) is 10.8. The summed E-state index contributed by atoms with van der Waals surface area (Å²) in [5.74, 6) is 0.137. The molecule has 1 atom stereocenters.